The Hall–Kier alpha value is -2.64. The fourth-order valence-corrected chi connectivity index (χ4v) is 2.32. The molecule has 0 atom stereocenters. The Morgan fingerprint density at radius 2 is 0.850 bits per heavy atom. The second-order valence-electron chi connectivity index (χ2n) is 4.28. The van der Waals surface area contributed by atoms with E-state index in [9.17, 15) is 27.8 Å². The third-order valence-electron chi connectivity index (χ3n) is 3.29. The molecule has 0 spiro atoms. The van der Waals surface area contributed by atoms with Crippen LogP contribution < -0.4 is 11.5 Å². The number of fused-ring (bicyclic) bond motifs is 2. The summed E-state index contributed by atoms with van der Waals surface area (Å²) in [6.45, 7) is 0. The number of phenolic OH excluding ortho intramolecular Hbond substituents is 2. The molecular formula is C12H6F4N2O2. The number of nitrogen functional groups attached to an aromatic ring is 2. The van der Waals surface area contributed by atoms with Crippen molar-refractivity contribution in [2.24, 2.45) is 0 Å². The maximum atomic E-state index is 13.7. The summed E-state index contributed by atoms with van der Waals surface area (Å²) in [5.74, 6) is -8.78. The molecule has 0 aromatic heterocycles. The minimum Gasteiger partial charge on any atom is -0.503 e. The minimum atomic E-state index is -1.67. The van der Waals surface area contributed by atoms with Gasteiger partial charge >= 0.3 is 0 Å². The van der Waals surface area contributed by atoms with Gasteiger partial charge in [-0.25, -0.2) is 8.78 Å². The van der Waals surface area contributed by atoms with Gasteiger partial charge in [0.05, 0.1) is 11.4 Å². The van der Waals surface area contributed by atoms with Crippen LogP contribution in [0.25, 0.3) is 0 Å². The minimum absolute atomic E-state index is 0.261. The summed E-state index contributed by atoms with van der Waals surface area (Å²) in [4.78, 5) is 0. The first-order valence-corrected chi connectivity index (χ1v) is 5.28. The molecule has 104 valence electrons. The van der Waals surface area contributed by atoms with Crippen LogP contribution in [0.5, 0.6) is 11.5 Å². The van der Waals surface area contributed by atoms with Gasteiger partial charge in [0.25, 0.3) is 0 Å². The Morgan fingerprint density at radius 1 is 0.550 bits per heavy atom. The Kier molecular flexibility index (Phi) is 2.15. The molecule has 0 saturated carbocycles. The van der Waals surface area contributed by atoms with Gasteiger partial charge in [0, 0.05) is 20.9 Å². The van der Waals surface area contributed by atoms with E-state index in [1.54, 1.807) is 0 Å². The lowest BCUT2D eigenvalue weighted by atomic mass is 9.96. The predicted molar refractivity (Wildman–Crippen MR) is 60.2 cm³/mol. The SMILES string of the molecule is Nc1c(O)c(F)c(F)c2c1=c1c(N)c(O)c(F)c(F)c1=2. The van der Waals surface area contributed by atoms with E-state index < -0.39 is 56.6 Å². The zero-order valence-corrected chi connectivity index (χ0v) is 9.56. The highest BCUT2D eigenvalue weighted by Crippen LogP contribution is 2.38. The third kappa shape index (κ3) is 1.11. The Labute approximate surface area is 107 Å². The second kappa shape index (κ2) is 3.47. The van der Waals surface area contributed by atoms with Gasteiger partial charge in [-0.2, -0.15) is 8.78 Å². The molecule has 1 aliphatic carbocycles. The molecule has 0 unspecified atom stereocenters. The number of benzene rings is 2. The maximum absolute atomic E-state index is 13.7. The Morgan fingerprint density at radius 3 is 1.15 bits per heavy atom. The maximum Gasteiger partial charge on any atom is 0.203 e. The lowest BCUT2D eigenvalue weighted by Gasteiger charge is -2.14. The van der Waals surface area contributed by atoms with Crippen molar-refractivity contribution < 1.29 is 27.8 Å². The fraction of sp³-hybridized carbons (Fsp3) is 0. The highest BCUT2D eigenvalue weighted by atomic mass is 19.2. The third-order valence-corrected chi connectivity index (χ3v) is 3.29. The Balaban J connectivity index is 2.78. The Bertz CT molecular complexity index is 806. The van der Waals surface area contributed by atoms with E-state index in [0.717, 1.165) is 0 Å². The lowest BCUT2D eigenvalue weighted by molar-refractivity contribution is 0.399. The van der Waals surface area contributed by atoms with Crippen molar-refractivity contribution >= 4 is 11.4 Å². The average Bonchev–Trinajstić information content (AvgIpc) is 2.39. The number of hydrogen-bond donors (Lipinski definition) is 4. The van der Waals surface area contributed by atoms with E-state index in [1.807, 2.05) is 0 Å². The zero-order chi connectivity index (χ0) is 14.9. The summed E-state index contributed by atoms with van der Waals surface area (Å²) >= 11 is 0. The van der Waals surface area contributed by atoms with Crippen LogP contribution in [-0.2, 0) is 0 Å². The highest BCUT2D eigenvalue weighted by molar-refractivity contribution is 5.64. The lowest BCUT2D eigenvalue weighted by Crippen LogP contribution is -2.09. The summed E-state index contributed by atoms with van der Waals surface area (Å²) in [7, 11) is 0. The molecule has 0 heterocycles. The molecule has 0 aliphatic heterocycles. The molecule has 4 nitrogen and oxygen atoms in total. The number of hydrogen-bond acceptors (Lipinski definition) is 4. The molecule has 0 amide bonds. The number of nitrogens with two attached hydrogens (primary N) is 2. The summed E-state index contributed by atoms with van der Waals surface area (Å²) < 4.78 is 54.2. The van der Waals surface area contributed by atoms with Crippen molar-refractivity contribution in [3.05, 3.63) is 44.1 Å². The monoisotopic (exact) mass is 286 g/mol. The molecule has 3 rings (SSSR count). The van der Waals surface area contributed by atoms with E-state index >= 15 is 0 Å². The van der Waals surface area contributed by atoms with Crippen molar-refractivity contribution in [2.45, 2.75) is 0 Å². The number of anilines is 2. The molecule has 1 aliphatic rings. The van der Waals surface area contributed by atoms with Crippen LogP contribution in [0.2, 0.25) is 0 Å². The van der Waals surface area contributed by atoms with Gasteiger partial charge in [-0.05, 0) is 0 Å². The van der Waals surface area contributed by atoms with Gasteiger partial charge in [-0.3, -0.25) is 0 Å². The molecular weight excluding hydrogens is 280 g/mol. The number of halogens is 4. The predicted octanol–water partition coefficient (Wildman–Crippen LogP) is 1.71. The summed E-state index contributed by atoms with van der Waals surface area (Å²) in [6.07, 6.45) is 0. The molecule has 6 N–H and O–H groups in total. The first-order valence-electron chi connectivity index (χ1n) is 5.28. The molecule has 20 heavy (non-hydrogen) atoms. The van der Waals surface area contributed by atoms with E-state index in [1.165, 1.54) is 0 Å². The van der Waals surface area contributed by atoms with E-state index in [-0.39, 0.29) is 10.4 Å². The molecule has 0 fully saturated rings. The zero-order valence-electron chi connectivity index (χ0n) is 9.56. The average molecular weight is 286 g/mol. The van der Waals surface area contributed by atoms with Crippen molar-refractivity contribution in [1.82, 2.24) is 0 Å². The van der Waals surface area contributed by atoms with Crippen LogP contribution in [0.4, 0.5) is 28.9 Å². The highest BCUT2D eigenvalue weighted by Gasteiger charge is 2.27. The van der Waals surface area contributed by atoms with Gasteiger partial charge in [-0.1, -0.05) is 0 Å². The summed E-state index contributed by atoms with van der Waals surface area (Å²) in [6, 6.07) is 0. The summed E-state index contributed by atoms with van der Waals surface area (Å²) in [5, 5.41) is 16.9. The van der Waals surface area contributed by atoms with Crippen LogP contribution in [0.1, 0.15) is 0 Å². The number of phenols is 2. The normalized spacial score (nSPS) is 11.8. The first kappa shape index (κ1) is 12.4. The van der Waals surface area contributed by atoms with E-state index in [4.69, 9.17) is 11.5 Å². The van der Waals surface area contributed by atoms with Crippen molar-refractivity contribution in [1.29, 1.82) is 0 Å². The van der Waals surface area contributed by atoms with Crippen LogP contribution in [0.3, 0.4) is 0 Å². The standard InChI is InChI=1S/C12H6F4N2O2/c13-5-1-2-4(3(1)9(17)11(19)7(5)15)10(18)12(20)8(16)6(2)14/h19-20H,17-18H2. The topological polar surface area (TPSA) is 92.5 Å². The first-order chi connectivity index (χ1) is 9.29. The van der Waals surface area contributed by atoms with Gasteiger partial charge in [0.15, 0.2) is 23.1 Å². The molecule has 2 aromatic rings. The molecule has 0 bridgehead atoms. The van der Waals surface area contributed by atoms with Crippen molar-refractivity contribution in [3.8, 4) is 11.5 Å². The van der Waals surface area contributed by atoms with Gasteiger partial charge < -0.3 is 21.7 Å². The smallest absolute Gasteiger partial charge is 0.203 e. The van der Waals surface area contributed by atoms with Crippen molar-refractivity contribution in [2.75, 3.05) is 11.5 Å². The number of aromatic hydroxyl groups is 2. The fourth-order valence-electron chi connectivity index (χ4n) is 2.32. The van der Waals surface area contributed by atoms with Gasteiger partial charge in [0.2, 0.25) is 11.6 Å². The van der Waals surface area contributed by atoms with E-state index in [0.29, 0.717) is 0 Å². The molecule has 8 heteroatoms. The van der Waals surface area contributed by atoms with Crippen LogP contribution in [-0.4, -0.2) is 10.2 Å². The quantitative estimate of drug-likeness (QED) is 0.287. The van der Waals surface area contributed by atoms with Crippen molar-refractivity contribution in [3.63, 3.8) is 0 Å². The molecule has 0 saturated heterocycles. The van der Waals surface area contributed by atoms with Gasteiger partial charge in [0.1, 0.15) is 0 Å². The van der Waals surface area contributed by atoms with Crippen LogP contribution in [0.15, 0.2) is 0 Å². The summed E-state index contributed by atoms with van der Waals surface area (Å²) in [5.41, 5.74) is 9.70. The van der Waals surface area contributed by atoms with Crippen LogP contribution in [0, 0.1) is 44.1 Å². The number of rotatable bonds is 0. The molecule has 0 radical (unpaired) electrons. The van der Waals surface area contributed by atoms with Gasteiger partial charge in [-0.15, -0.1) is 0 Å². The largest absolute Gasteiger partial charge is 0.503 e. The second-order valence-corrected chi connectivity index (χ2v) is 4.28. The van der Waals surface area contributed by atoms with Crippen LogP contribution >= 0.6 is 0 Å². The molecule has 2 aromatic carbocycles. The van der Waals surface area contributed by atoms with E-state index in [2.05, 4.69) is 0 Å².